The molecule has 1 aromatic heterocycles. The van der Waals surface area contributed by atoms with E-state index in [1.807, 2.05) is 12.1 Å². The molecule has 1 aliphatic carbocycles. The third-order valence-corrected chi connectivity index (χ3v) is 4.11. The average Bonchev–Trinajstić information content (AvgIpc) is 2.34. The maximum absolute atomic E-state index is 6.00. The van der Waals surface area contributed by atoms with Crippen LogP contribution in [0, 0.1) is 11.8 Å². The molecular weight excluding hydrogens is 234 g/mol. The molecule has 2 rings (SSSR count). The second-order valence-corrected chi connectivity index (χ2v) is 5.38. The van der Waals surface area contributed by atoms with Crippen LogP contribution in [0.25, 0.3) is 0 Å². The largest absolute Gasteiger partial charge is 0.474 e. The maximum Gasteiger partial charge on any atom is 0.218 e. The van der Waals surface area contributed by atoms with Crippen molar-refractivity contribution in [3.63, 3.8) is 0 Å². The van der Waals surface area contributed by atoms with Gasteiger partial charge in [-0.25, -0.2) is 4.98 Å². The van der Waals surface area contributed by atoms with Crippen LogP contribution < -0.4 is 4.74 Å². The Balaban J connectivity index is 2.01. The Morgan fingerprint density at radius 1 is 1.35 bits per heavy atom. The smallest absolute Gasteiger partial charge is 0.218 e. The molecule has 17 heavy (non-hydrogen) atoms. The average molecular weight is 254 g/mol. The van der Waals surface area contributed by atoms with Crippen LogP contribution in [-0.2, 0) is 5.88 Å². The van der Waals surface area contributed by atoms with E-state index >= 15 is 0 Å². The third kappa shape index (κ3) is 3.12. The minimum Gasteiger partial charge on any atom is -0.474 e. The topological polar surface area (TPSA) is 22.1 Å². The Labute approximate surface area is 108 Å². The fraction of sp³-hybridized carbons (Fsp3) is 0.643. The van der Waals surface area contributed by atoms with Crippen molar-refractivity contribution in [1.82, 2.24) is 4.98 Å². The van der Waals surface area contributed by atoms with Crippen molar-refractivity contribution >= 4 is 11.6 Å². The Bertz CT molecular complexity index is 369. The van der Waals surface area contributed by atoms with Gasteiger partial charge in [0.05, 0.1) is 5.88 Å². The molecule has 3 atom stereocenters. The zero-order valence-electron chi connectivity index (χ0n) is 10.5. The highest BCUT2D eigenvalue weighted by atomic mass is 35.5. The van der Waals surface area contributed by atoms with Crippen molar-refractivity contribution in [1.29, 1.82) is 0 Å². The number of hydrogen-bond acceptors (Lipinski definition) is 2. The number of ether oxygens (including phenoxy) is 1. The summed E-state index contributed by atoms with van der Waals surface area (Å²) in [5.41, 5.74) is 0.987. The summed E-state index contributed by atoms with van der Waals surface area (Å²) in [6.07, 6.45) is 5.57. The van der Waals surface area contributed by atoms with Gasteiger partial charge in [0.15, 0.2) is 0 Å². The molecule has 0 bridgehead atoms. The first kappa shape index (κ1) is 12.7. The number of aromatic nitrogens is 1. The van der Waals surface area contributed by atoms with E-state index in [0.29, 0.717) is 17.9 Å². The van der Waals surface area contributed by atoms with Crippen LogP contribution in [0.15, 0.2) is 18.3 Å². The summed E-state index contributed by atoms with van der Waals surface area (Å²) in [4.78, 5) is 4.28. The molecule has 0 spiro atoms. The standard InChI is InChI=1S/C14H20ClNO/c1-10-5-6-13(8-11(10)2)17-14-12(9-15)4-3-7-16-14/h3-4,7,10-11,13H,5-6,8-9H2,1-2H3. The van der Waals surface area contributed by atoms with E-state index in [1.165, 1.54) is 6.42 Å². The van der Waals surface area contributed by atoms with E-state index in [9.17, 15) is 0 Å². The van der Waals surface area contributed by atoms with Gasteiger partial charge in [0.2, 0.25) is 5.88 Å². The van der Waals surface area contributed by atoms with Gasteiger partial charge < -0.3 is 4.74 Å². The van der Waals surface area contributed by atoms with Crippen LogP contribution >= 0.6 is 11.6 Å². The third-order valence-electron chi connectivity index (χ3n) is 3.82. The number of hydrogen-bond donors (Lipinski definition) is 0. The molecule has 94 valence electrons. The fourth-order valence-corrected chi connectivity index (χ4v) is 2.60. The predicted molar refractivity (Wildman–Crippen MR) is 70.4 cm³/mol. The molecule has 1 heterocycles. The summed E-state index contributed by atoms with van der Waals surface area (Å²) < 4.78 is 6.00. The highest BCUT2D eigenvalue weighted by Crippen LogP contribution is 2.32. The molecule has 3 heteroatoms. The first-order chi connectivity index (χ1) is 8.20. The van der Waals surface area contributed by atoms with Crippen molar-refractivity contribution in [2.45, 2.75) is 45.1 Å². The van der Waals surface area contributed by atoms with Gasteiger partial charge in [-0.05, 0) is 37.2 Å². The van der Waals surface area contributed by atoms with Gasteiger partial charge in [-0.15, -0.1) is 11.6 Å². The van der Waals surface area contributed by atoms with Crippen LogP contribution in [0.5, 0.6) is 5.88 Å². The van der Waals surface area contributed by atoms with Crippen LogP contribution in [0.3, 0.4) is 0 Å². The second-order valence-electron chi connectivity index (χ2n) is 5.11. The molecule has 0 aliphatic heterocycles. The Morgan fingerprint density at radius 2 is 2.18 bits per heavy atom. The normalized spacial score (nSPS) is 29.0. The molecule has 0 amide bonds. The molecular formula is C14H20ClNO. The molecule has 1 aliphatic rings. The van der Waals surface area contributed by atoms with E-state index in [2.05, 4.69) is 18.8 Å². The summed E-state index contributed by atoms with van der Waals surface area (Å²) in [7, 11) is 0. The van der Waals surface area contributed by atoms with E-state index in [1.54, 1.807) is 6.20 Å². The SMILES string of the molecule is CC1CCC(Oc2ncccc2CCl)CC1C. The molecule has 2 nitrogen and oxygen atoms in total. The van der Waals surface area contributed by atoms with Gasteiger partial charge in [0, 0.05) is 11.8 Å². The number of alkyl halides is 1. The minimum atomic E-state index is 0.304. The monoisotopic (exact) mass is 253 g/mol. The Kier molecular flexibility index (Phi) is 4.27. The van der Waals surface area contributed by atoms with Crippen LogP contribution in [0.2, 0.25) is 0 Å². The molecule has 3 unspecified atom stereocenters. The van der Waals surface area contributed by atoms with Gasteiger partial charge in [0.25, 0.3) is 0 Å². The Hall–Kier alpha value is -0.760. The van der Waals surface area contributed by atoms with Gasteiger partial charge >= 0.3 is 0 Å². The van der Waals surface area contributed by atoms with Crippen molar-refractivity contribution in [3.05, 3.63) is 23.9 Å². The fourth-order valence-electron chi connectivity index (χ4n) is 2.39. The van der Waals surface area contributed by atoms with Gasteiger partial charge in [-0.3, -0.25) is 0 Å². The van der Waals surface area contributed by atoms with E-state index in [0.717, 1.165) is 30.2 Å². The minimum absolute atomic E-state index is 0.304. The second kappa shape index (κ2) is 5.72. The summed E-state index contributed by atoms with van der Waals surface area (Å²) in [6.45, 7) is 4.63. The highest BCUT2D eigenvalue weighted by molar-refractivity contribution is 6.17. The van der Waals surface area contributed by atoms with Gasteiger partial charge in [-0.2, -0.15) is 0 Å². The zero-order valence-corrected chi connectivity index (χ0v) is 11.3. The van der Waals surface area contributed by atoms with Crippen LogP contribution in [0.1, 0.15) is 38.7 Å². The zero-order chi connectivity index (χ0) is 12.3. The lowest BCUT2D eigenvalue weighted by Gasteiger charge is -2.32. The number of halogens is 1. The lowest BCUT2D eigenvalue weighted by atomic mass is 9.80. The van der Waals surface area contributed by atoms with Crippen molar-refractivity contribution in [2.75, 3.05) is 0 Å². The van der Waals surface area contributed by atoms with Crippen LogP contribution in [-0.4, -0.2) is 11.1 Å². The summed E-state index contributed by atoms with van der Waals surface area (Å²) in [5, 5.41) is 0. The summed E-state index contributed by atoms with van der Waals surface area (Å²) >= 11 is 5.88. The number of rotatable bonds is 3. The van der Waals surface area contributed by atoms with Gasteiger partial charge in [0.1, 0.15) is 6.10 Å². The van der Waals surface area contributed by atoms with Crippen molar-refractivity contribution < 1.29 is 4.74 Å². The first-order valence-corrected chi connectivity index (χ1v) is 6.90. The van der Waals surface area contributed by atoms with E-state index in [4.69, 9.17) is 16.3 Å². The molecule has 0 saturated heterocycles. The molecule has 0 aromatic carbocycles. The van der Waals surface area contributed by atoms with Gasteiger partial charge in [-0.1, -0.05) is 19.9 Å². The van der Waals surface area contributed by atoms with E-state index in [-0.39, 0.29) is 0 Å². The predicted octanol–water partition coefficient (Wildman–Crippen LogP) is 4.02. The van der Waals surface area contributed by atoms with Crippen molar-refractivity contribution in [3.8, 4) is 5.88 Å². The van der Waals surface area contributed by atoms with Crippen molar-refractivity contribution in [2.24, 2.45) is 11.8 Å². The Morgan fingerprint density at radius 3 is 2.88 bits per heavy atom. The number of nitrogens with zero attached hydrogens (tertiary/aromatic N) is 1. The highest BCUT2D eigenvalue weighted by Gasteiger charge is 2.26. The molecule has 0 N–H and O–H groups in total. The molecule has 1 aromatic rings. The summed E-state index contributed by atoms with van der Waals surface area (Å²) in [6, 6.07) is 3.88. The lowest BCUT2D eigenvalue weighted by Crippen LogP contribution is -2.29. The summed E-state index contributed by atoms with van der Waals surface area (Å²) in [5.74, 6) is 2.72. The quantitative estimate of drug-likeness (QED) is 0.759. The molecule has 1 fully saturated rings. The van der Waals surface area contributed by atoms with Crippen LogP contribution in [0.4, 0.5) is 0 Å². The van der Waals surface area contributed by atoms with E-state index < -0.39 is 0 Å². The number of pyridine rings is 1. The maximum atomic E-state index is 6.00. The first-order valence-electron chi connectivity index (χ1n) is 6.37. The lowest BCUT2D eigenvalue weighted by molar-refractivity contribution is 0.0957. The molecule has 1 saturated carbocycles. The molecule has 0 radical (unpaired) electrons.